The van der Waals surface area contributed by atoms with Gasteiger partial charge < -0.3 is 4.74 Å². The summed E-state index contributed by atoms with van der Waals surface area (Å²) in [4.78, 5) is 0. The van der Waals surface area contributed by atoms with Gasteiger partial charge in [0.25, 0.3) is 0 Å². The van der Waals surface area contributed by atoms with E-state index < -0.39 is 0 Å². The third-order valence-electron chi connectivity index (χ3n) is 3.62. The zero-order valence-electron chi connectivity index (χ0n) is 10.9. The van der Waals surface area contributed by atoms with E-state index in [0.29, 0.717) is 12.5 Å². The molecule has 1 aliphatic rings. The van der Waals surface area contributed by atoms with Gasteiger partial charge in [-0.15, -0.1) is 11.6 Å². The number of halogens is 1. The van der Waals surface area contributed by atoms with E-state index in [1.165, 1.54) is 36.0 Å². The molecule has 0 aliphatic heterocycles. The molecule has 0 saturated carbocycles. The highest BCUT2D eigenvalue weighted by Gasteiger charge is 2.10. The SMILES string of the molecule is ClCc1cccc(OCc2ccc3c(c2)CCC3)c1. The highest BCUT2D eigenvalue weighted by molar-refractivity contribution is 6.17. The molecule has 98 valence electrons. The Bertz CT molecular complexity index is 577. The third kappa shape index (κ3) is 2.93. The molecule has 0 heterocycles. The molecule has 0 fully saturated rings. The number of hydrogen-bond acceptors (Lipinski definition) is 1. The minimum atomic E-state index is 0.524. The smallest absolute Gasteiger partial charge is 0.120 e. The van der Waals surface area contributed by atoms with Crippen LogP contribution < -0.4 is 4.74 Å². The minimum absolute atomic E-state index is 0.524. The number of ether oxygens (including phenoxy) is 1. The summed E-state index contributed by atoms with van der Waals surface area (Å²) in [6.07, 6.45) is 3.73. The van der Waals surface area contributed by atoms with E-state index >= 15 is 0 Å². The molecule has 0 amide bonds. The maximum Gasteiger partial charge on any atom is 0.120 e. The van der Waals surface area contributed by atoms with Crippen molar-refractivity contribution in [3.63, 3.8) is 0 Å². The fraction of sp³-hybridized carbons (Fsp3) is 0.294. The number of fused-ring (bicyclic) bond motifs is 1. The van der Waals surface area contributed by atoms with Crippen molar-refractivity contribution in [1.82, 2.24) is 0 Å². The molecule has 0 atom stereocenters. The number of alkyl halides is 1. The van der Waals surface area contributed by atoms with Crippen LogP contribution in [-0.2, 0) is 25.3 Å². The van der Waals surface area contributed by atoms with Crippen molar-refractivity contribution in [2.45, 2.75) is 31.7 Å². The van der Waals surface area contributed by atoms with Crippen molar-refractivity contribution in [3.05, 3.63) is 64.7 Å². The molecule has 19 heavy (non-hydrogen) atoms. The van der Waals surface area contributed by atoms with Crippen LogP contribution in [0.3, 0.4) is 0 Å². The van der Waals surface area contributed by atoms with Crippen LogP contribution in [0, 0.1) is 0 Å². The Morgan fingerprint density at radius 1 is 0.947 bits per heavy atom. The van der Waals surface area contributed by atoms with Gasteiger partial charge in [0, 0.05) is 5.88 Å². The van der Waals surface area contributed by atoms with Gasteiger partial charge in [-0.25, -0.2) is 0 Å². The summed E-state index contributed by atoms with van der Waals surface area (Å²) in [7, 11) is 0. The molecule has 2 heteroatoms. The summed E-state index contributed by atoms with van der Waals surface area (Å²) in [5.74, 6) is 1.41. The van der Waals surface area contributed by atoms with Crippen molar-refractivity contribution in [1.29, 1.82) is 0 Å². The van der Waals surface area contributed by atoms with Crippen molar-refractivity contribution in [2.75, 3.05) is 0 Å². The minimum Gasteiger partial charge on any atom is -0.489 e. The summed E-state index contributed by atoms with van der Waals surface area (Å²) < 4.78 is 5.84. The van der Waals surface area contributed by atoms with Gasteiger partial charge in [0.05, 0.1) is 0 Å². The Labute approximate surface area is 119 Å². The number of aryl methyl sites for hydroxylation is 2. The maximum absolute atomic E-state index is 5.84. The topological polar surface area (TPSA) is 9.23 Å². The van der Waals surface area contributed by atoms with Crippen LogP contribution in [0.2, 0.25) is 0 Å². The van der Waals surface area contributed by atoms with Crippen LogP contribution in [-0.4, -0.2) is 0 Å². The molecule has 0 saturated heterocycles. The zero-order chi connectivity index (χ0) is 13.1. The van der Waals surface area contributed by atoms with Crippen LogP contribution in [0.1, 0.15) is 28.7 Å². The summed E-state index contributed by atoms with van der Waals surface area (Å²) in [6, 6.07) is 14.7. The van der Waals surface area contributed by atoms with Gasteiger partial charge in [-0.3, -0.25) is 0 Å². The monoisotopic (exact) mass is 272 g/mol. The zero-order valence-corrected chi connectivity index (χ0v) is 11.6. The summed E-state index contributed by atoms with van der Waals surface area (Å²) in [6.45, 7) is 0.624. The van der Waals surface area contributed by atoms with Gasteiger partial charge in [-0.2, -0.15) is 0 Å². The van der Waals surface area contributed by atoms with E-state index in [9.17, 15) is 0 Å². The first kappa shape index (κ1) is 12.6. The lowest BCUT2D eigenvalue weighted by atomic mass is 10.1. The first-order valence-electron chi connectivity index (χ1n) is 6.73. The van der Waals surface area contributed by atoms with Gasteiger partial charge in [0.15, 0.2) is 0 Å². The molecule has 0 unspecified atom stereocenters. The second-order valence-electron chi connectivity index (χ2n) is 5.03. The Balaban J connectivity index is 1.68. The van der Waals surface area contributed by atoms with E-state index in [1.807, 2.05) is 24.3 Å². The van der Waals surface area contributed by atoms with E-state index in [2.05, 4.69) is 18.2 Å². The van der Waals surface area contributed by atoms with Crippen molar-refractivity contribution in [3.8, 4) is 5.75 Å². The predicted octanol–water partition coefficient (Wildman–Crippen LogP) is 4.49. The fourth-order valence-electron chi connectivity index (χ4n) is 2.60. The highest BCUT2D eigenvalue weighted by Crippen LogP contribution is 2.23. The van der Waals surface area contributed by atoms with E-state index in [-0.39, 0.29) is 0 Å². The molecule has 3 rings (SSSR count). The molecular weight excluding hydrogens is 256 g/mol. The number of rotatable bonds is 4. The Hall–Kier alpha value is -1.47. The highest BCUT2D eigenvalue weighted by atomic mass is 35.5. The van der Waals surface area contributed by atoms with Gasteiger partial charge in [-0.05, 0) is 53.6 Å². The first-order chi connectivity index (χ1) is 9.35. The number of benzene rings is 2. The lowest BCUT2D eigenvalue weighted by Crippen LogP contribution is -1.97. The number of hydrogen-bond donors (Lipinski definition) is 0. The quantitative estimate of drug-likeness (QED) is 0.745. The summed E-state index contributed by atoms with van der Waals surface area (Å²) >= 11 is 5.82. The molecule has 0 radical (unpaired) electrons. The Morgan fingerprint density at radius 2 is 1.84 bits per heavy atom. The third-order valence-corrected chi connectivity index (χ3v) is 3.93. The standard InChI is InChI=1S/C17H17ClO/c18-11-13-3-1-6-17(10-13)19-12-14-7-8-15-4-2-5-16(15)9-14/h1,3,6-10H,2,4-5,11-12H2. The molecule has 2 aromatic carbocycles. The maximum atomic E-state index is 5.84. The summed E-state index contributed by atoms with van der Waals surface area (Å²) in [5.41, 5.74) is 5.34. The van der Waals surface area contributed by atoms with Crippen LogP contribution in [0.4, 0.5) is 0 Å². The van der Waals surface area contributed by atoms with E-state index in [0.717, 1.165) is 11.3 Å². The van der Waals surface area contributed by atoms with Crippen molar-refractivity contribution < 1.29 is 4.74 Å². The van der Waals surface area contributed by atoms with Crippen LogP contribution >= 0.6 is 11.6 Å². The predicted molar refractivity (Wildman–Crippen MR) is 78.8 cm³/mol. The molecule has 0 aromatic heterocycles. The van der Waals surface area contributed by atoms with Gasteiger partial charge in [0.1, 0.15) is 12.4 Å². The largest absolute Gasteiger partial charge is 0.489 e. The second-order valence-corrected chi connectivity index (χ2v) is 5.29. The Kier molecular flexibility index (Phi) is 3.74. The second kappa shape index (κ2) is 5.66. The summed E-state index contributed by atoms with van der Waals surface area (Å²) in [5, 5.41) is 0. The lowest BCUT2D eigenvalue weighted by Gasteiger charge is -2.09. The average molecular weight is 273 g/mol. The fourth-order valence-corrected chi connectivity index (χ4v) is 2.77. The van der Waals surface area contributed by atoms with E-state index in [4.69, 9.17) is 16.3 Å². The van der Waals surface area contributed by atoms with Crippen molar-refractivity contribution in [2.24, 2.45) is 0 Å². The van der Waals surface area contributed by atoms with Gasteiger partial charge >= 0.3 is 0 Å². The lowest BCUT2D eigenvalue weighted by molar-refractivity contribution is 0.306. The van der Waals surface area contributed by atoms with Crippen LogP contribution in [0.15, 0.2) is 42.5 Å². The van der Waals surface area contributed by atoms with Crippen LogP contribution in [0.25, 0.3) is 0 Å². The first-order valence-corrected chi connectivity index (χ1v) is 7.27. The van der Waals surface area contributed by atoms with Gasteiger partial charge in [-0.1, -0.05) is 30.3 Å². The van der Waals surface area contributed by atoms with Crippen LogP contribution in [0.5, 0.6) is 5.75 Å². The Morgan fingerprint density at radius 3 is 2.74 bits per heavy atom. The molecular formula is C17H17ClO. The van der Waals surface area contributed by atoms with Gasteiger partial charge in [0.2, 0.25) is 0 Å². The van der Waals surface area contributed by atoms with Crippen molar-refractivity contribution >= 4 is 11.6 Å². The molecule has 1 nitrogen and oxygen atoms in total. The molecule has 0 N–H and O–H groups in total. The molecule has 1 aliphatic carbocycles. The average Bonchev–Trinajstić information content (AvgIpc) is 2.93. The molecule has 0 bridgehead atoms. The normalized spacial score (nSPS) is 13.3. The molecule has 2 aromatic rings. The van der Waals surface area contributed by atoms with E-state index in [1.54, 1.807) is 0 Å². The molecule has 0 spiro atoms.